The zero-order valence-corrected chi connectivity index (χ0v) is 17.5. The zero-order chi connectivity index (χ0) is 23.5. The van der Waals surface area contributed by atoms with E-state index >= 15 is 0 Å². The fourth-order valence-electron chi connectivity index (χ4n) is 3.29. The van der Waals surface area contributed by atoms with Crippen molar-refractivity contribution < 1.29 is 40.3 Å². The van der Waals surface area contributed by atoms with Crippen molar-refractivity contribution in [3.05, 3.63) is 65.5 Å². The van der Waals surface area contributed by atoms with Gasteiger partial charge in [0.05, 0.1) is 16.4 Å². The minimum atomic E-state index is -4.60. The highest BCUT2D eigenvalue weighted by Gasteiger charge is 2.33. The van der Waals surface area contributed by atoms with Crippen LogP contribution in [0.4, 0.5) is 17.6 Å². The van der Waals surface area contributed by atoms with E-state index in [-0.39, 0.29) is 36.4 Å². The van der Waals surface area contributed by atoms with Gasteiger partial charge in [-0.2, -0.15) is 17.5 Å². The average Bonchev–Trinajstić information content (AvgIpc) is 2.77. The third-order valence-electron chi connectivity index (χ3n) is 5.10. The number of esters is 1. The molecule has 32 heavy (non-hydrogen) atoms. The summed E-state index contributed by atoms with van der Waals surface area (Å²) in [7, 11) is -3.84. The van der Waals surface area contributed by atoms with E-state index in [1.807, 2.05) is 0 Å². The van der Waals surface area contributed by atoms with Gasteiger partial charge in [0.15, 0.2) is 12.4 Å². The molecule has 1 aliphatic heterocycles. The SMILES string of the molecule is O=C(COC(=O)C1CCN(S(=O)(=O)c2ccc(F)cc2)CC1)c1cccc(C(F)(F)F)c1. The van der Waals surface area contributed by atoms with Gasteiger partial charge in [0.1, 0.15) is 5.82 Å². The Hall–Kier alpha value is -2.79. The summed E-state index contributed by atoms with van der Waals surface area (Å²) in [4.78, 5) is 24.3. The van der Waals surface area contributed by atoms with E-state index in [0.717, 1.165) is 36.4 Å². The van der Waals surface area contributed by atoms with Crippen molar-refractivity contribution in [2.75, 3.05) is 19.7 Å². The Morgan fingerprint density at radius 3 is 2.25 bits per heavy atom. The lowest BCUT2D eigenvalue weighted by Crippen LogP contribution is -2.40. The Morgan fingerprint density at radius 2 is 1.66 bits per heavy atom. The molecule has 0 unspecified atom stereocenters. The molecule has 2 aromatic carbocycles. The van der Waals surface area contributed by atoms with Crippen LogP contribution >= 0.6 is 0 Å². The average molecular weight is 473 g/mol. The number of ketones is 1. The molecule has 0 N–H and O–H groups in total. The number of nitrogens with zero attached hydrogens (tertiary/aromatic N) is 1. The second-order valence-electron chi connectivity index (χ2n) is 7.24. The number of hydrogen-bond acceptors (Lipinski definition) is 5. The molecule has 0 radical (unpaired) electrons. The minimum Gasteiger partial charge on any atom is -0.457 e. The highest BCUT2D eigenvalue weighted by molar-refractivity contribution is 7.89. The number of benzene rings is 2. The number of Topliss-reactive ketones (excluding diaryl/α,β-unsaturated/α-hetero) is 1. The van der Waals surface area contributed by atoms with Crippen LogP contribution in [0.1, 0.15) is 28.8 Å². The molecule has 11 heteroatoms. The van der Waals surface area contributed by atoms with Crippen molar-refractivity contribution in [2.24, 2.45) is 5.92 Å². The summed E-state index contributed by atoms with van der Waals surface area (Å²) in [6.45, 7) is -0.656. The third-order valence-corrected chi connectivity index (χ3v) is 7.01. The van der Waals surface area contributed by atoms with Crippen LogP contribution in [0.15, 0.2) is 53.4 Å². The number of carbonyl (C=O) groups excluding carboxylic acids is 2. The maximum Gasteiger partial charge on any atom is 0.416 e. The van der Waals surface area contributed by atoms with Gasteiger partial charge in [-0.25, -0.2) is 12.8 Å². The molecule has 2 aromatic rings. The number of alkyl halides is 3. The number of rotatable bonds is 6. The minimum absolute atomic E-state index is 0.0288. The molecule has 1 fully saturated rings. The first-order valence-corrected chi connectivity index (χ1v) is 11.1. The normalized spacial score (nSPS) is 16.0. The van der Waals surface area contributed by atoms with Gasteiger partial charge in [-0.05, 0) is 49.2 Å². The summed E-state index contributed by atoms with van der Waals surface area (Å²) >= 11 is 0. The quantitative estimate of drug-likeness (QED) is 0.363. The summed E-state index contributed by atoms with van der Waals surface area (Å²) in [6, 6.07) is 8.20. The van der Waals surface area contributed by atoms with Gasteiger partial charge < -0.3 is 4.74 Å². The van der Waals surface area contributed by atoms with E-state index in [1.54, 1.807) is 0 Å². The molecule has 3 rings (SSSR count). The second-order valence-corrected chi connectivity index (χ2v) is 9.18. The van der Waals surface area contributed by atoms with E-state index in [4.69, 9.17) is 4.74 Å². The van der Waals surface area contributed by atoms with Crippen LogP contribution in [-0.2, 0) is 25.7 Å². The Kier molecular flexibility index (Phi) is 6.99. The smallest absolute Gasteiger partial charge is 0.416 e. The molecular formula is C21H19F4NO5S. The maximum absolute atomic E-state index is 13.0. The van der Waals surface area contributed by atoms with Crippen molar-refractivity contribution in [1.82, 2.24) is 4.31 Å². The van der Waals surface area contributed by atoms with Crippen LogP contribution in [-0.4, -0.2) is 44.2 Å². The van der Waals surface area contributed by atoms with E-state index < -0.39 is 51.9 Å². The summed E-state index contributed by atoms with van der Waals surface area (Å²) in [6.07, 6.45) is -4.30. The van der Waals surface area contributed by atoms with Crippen molar-refractivity contribution >= 4 is 21.8 Å². The Bertz CT molecular complexity index is 1090. The van der Waals surface area contributed by atoms with Crippen LogP contribution in [0.5, 0.6) is 0 Å². The largest absolute Gasteiger partial charge is 0.457 e. The molecule has 0 aromatic heterocycles. The number of sulfonamides is 1. The van der Waals surface area contributed by atoms with Gasteiger partial charge in [0.25, 0.3) is 0 Å². The number of ether oxygens (including phenoxy) is 1. The van der Waals surface area contributed by atoms with Gasteiger partial charge in [0, 0.05) is 18.7 Å². The molecule has 6 nitrogen and oxygen atoms in total. The van der Waals surface area contributed by atoms with E-state index in [1.165, 1.54) is 10.4 Å². The number of halogens is 4. The summed E-state index contributed by atoms with van der Waals surface area (Å²) in [5.41, 5.74) is -1.21. The van der Waals surface area contributed by atoms with Crippen LogP contribution in [0.2, 0.25) is 0 Å². The van der Waals surface area contributed by atoms with Crippen molar-refractivity contribution in [1.29, 1.82) is 0 Å². The van der Waals surface area contributed by atoms with Crippen LogP contribution in [0.3, 0.4) is 0 Å². The number of hydrogen-bond donors (Lipinski definition) is 0. The molecule has 0 bridgehead atoms. The van der Waals surface area contributed by atoms with Crippen LogP contribution in [0, 0.1) is 11.7 Å². The predicted molar refractivity (Wildman–Crippen MR) is 105 cm³/mol. The number of carbonyl (C=O) groups is 2. The summed E-state index contributed by atoms with van der Waals surface area (Å²) < 4.78 is 82.7. The molecule has 0 spiro atoms. The fraction of sp³-hybridized carbons (Fsp3) is 0.333. The monoisotopic (exact) mass is 473 g/mol. The first-order valence-electron chi connectivity index (χ1n) is 9.61. The molecule has 1 aliphatic rings. The Morgan fingerprint density at radius 1 is 1.03 bits per heavy atom. The second kappa shape index (κ2) is 9.37. The standard InChI is InChI=1S/C21H19F4NO5S/c22-17-4-6-18(7-5-17)32(29,30)26-10-8-14(9-11-26)20(28)31-13-19(27)15-2-1-3-16(12-15)21(23,24)25/h1-7,12,14H,8-11,13H2. The lowest BCUT2D eigenvalue weighted by Gasteiger charge is -2.30. The first-order chi connectivity index (χ1) is 15.0. The van der Waals surface area contributed by atoms with Crippen molar-refractivity contribution in [2.45, 2.75) is 23.9 Å². The molecule has 0 saturated carbocycles. The third kappa shape index (κ3) is 5.52. The Balaban J connectivity index is 1.54. The molecule has 0 aliphatic carbocycles. The number of piperidine rings is 1. The maximum atomic E-state index is 13.0. The fourth-order valence-corrected chi connectivity index (χ4v) is 4.76. The van der Waals surface area contributed by atoms with Gasteiger partial charge in [-0.15, -0.1) is 0 Å². The summed E-state index contributed by atoms with van der Waals surface area (Å²) in [5.74, 6) is -2.71. The van der Waals surface area contributed by atoms with Gasteiger partial charge >= 0.3 is 12.1 Å². The highest BCUT2D eigenvalue weighted by atomic mass is 32.2. The molecule has 1 saturated heterocycles. The highest BCUT2D eigenvalue weighted by Crippen LogP contribution is 2.30. The molecule has 0 amide bonds. The Labute approximate surface area is 181 Å². The van der Waals surface area contributed by atoms with Gasteiger partial charge in [-0.3, -0.25) is 9.59 Å². The lowest BCUT2D eigenvalue weighted by molar-refractivity contribution is -0.148. The summed E-state index contributed by atoms with van der Waals surface area (Å²) in [5, 5.41) is 0. The lowest BCUT2D eigenvalue weighted by atomic mass is 9.98. The topological polar surface area (TPSA) is 80.8 Å². The molecule has 172 valence electrons. The molecule has 1 heterocycles. The van der Waals surface area contributed by atoms with Crippen molar-refractivity contribution in [3.8, 4) is 0 Å². The van der Waals surface area contributed by atoms with Gasteiger partial charge in [0.2, 0.25) is 10.0 Å². The zero-order valence-electron chi connectivity index (χ0n) is 16.6. The van der Waals surface area contributed by atoms with Crippen LogP contribution in [0.25, 0.3) is 0 Å². The van der Waals surface area contributed by atoms with E-state index in [9.17, 15) is 35.6 Å². The van der Waals surface area contributed by atoms with Crippen molar-refractivity contribution in [3.63, 3.8) is 0 Å². The van der Waals surface area contributed by atoms with E-state index in [2.05, 4.69) is 0 Å². The van der Waals surface area contributed by atoms with Gasteiger partial charge in [-0.1, -0.05) is 12.1 Å². The molecule has 0 atom stereocenters. The molecular weight excluding hydrogens is 454 g/mol. The van der Waals surface area contributed by atoms with E-state index in [0.29, 0.717) is 6.07 Å². The predicted octanol–water partition coefficient (Wildman–Crippen LogP) is 3.67. The van der Waals surface area contributed by atoms with Crippen LogP contribution < -0.4 is 0 Å². The first kappa shape index (κ1) is 23.9.